The normalized spacial score (nSPS) is 10.2. The first-order valence-electron chi connectivity index (χ1n) is 5.71. The zero-order chi connectivity index (χ0) is 13.4. The summed E-state index contributed by atoms with van der Waals surface area (Å²) in [6, 6.07) is 4.03. The molecule has 18 heavy (non-hydrogen) atoms. The second-order valence-electron chi connectivity index (χ2n) is 3.56. The molecule has 0 saturated carbocycles. The van der Waals surface area contributed by atoms with Crippen LogP contribution in [-0.2, 0) is 4.74 Å². The molecule has 0 aliphatic heterocycles. The van der Waals surface area contributed by atoms with E-state index in [0.29, 0.717) is 24.2 Å². The molecule has 0 aliphatic carbocycles. The van der Waals surface area contributed by atoms with Crippen molar-refractivity contribution in [3.63, 3.8) is 0 Å². The van der Waals surface area contributed by atoms with Gasteiger partial charge < -0.3 is 15.4 Å². The lowest BCUT2D eigenvalue weighted by Crippen LogP contribution is -2.30. The molecule has 6 heteroatoms. The van der Waals surface area contributed by atoms with E-state index in [0.717, 1.165) is 6.42 Å². The molecule has 2 amide bonds. The molecule has 1 aromatic rings. The molecule has 0 aromatic heterocycles. The number of nitrogens with one attached hydrogen (secondary N) is 2. The predicted molar refractivity (Wildman–Crippen MR) is 72.2 cm³/mol. The summed E-state index contributed by atoms with van der Waals surface area (Å²) in [6.07, 6.45) is 0.726. The van der Waals surface area contributed by atoms with Gasteiger partial charge in [0, 0.05) is 24.2 Å². The van der Waals surface area contributed by atoms with Crippen LogP contribution in [0.3, 0.4) is 0 Å². The minimum absolute atomic E-state index is 0.153. The van der Waals surface area contributed by atoms with Crippen LogP contribution in [0.1, 0.15) is 13.3 Å². The zero-order valence-corrected chi connectivity index (χ0v) is 11.7. The molecular formula is C12H16BrFN2O2. The molecular weight excluding hydrogens is 303 g/mol. The maximum atomic E-state index is 13.4. The first-order valence-corrected chi connectivity index (χ1v) is 6.50. The fourth-order valence-corrected chi connectivity index (χ4v) is 1.61. The number of hydrogen-bond donors (Lipinski definition) is 2. The Morgan fingerprint density at radius 3 is 2.94 bits per heavy atom. The molecule has 0 radical (unpaired) electrons. The van der Waals surface area contributed by atoms with E-state index in [1.54, 1.807) is 6.07 Å². The topological polar surface area (TPSA) is 50.4 Å². The average molecular weight is 319 g/mol. The van der Waals surface area contributed by atoms with Gasteiger partial charge in [-0.3, -0.25) is 0 Å². The van der Waals surface area contributed by atoms with Crippen molar-refractivity contribution in [2.24, 2.45) is 0 Å². The number of carbonyl (C=O) groups excluding carboxylic acids is 1. The Morgan fingerprint density at radius 1 is 1.50 bits per heavy atom. The summed E-state index contributed by atoms with van der Waals surface area (Å²) in [5.41, 5.74) is 0.153. The monoisotopic (exact) mass is 318 g/mol. The number of urea groups is 1. The Labute approximate surface area is 114 Å². The molecule has 0 spiro atoms. The van der Waals surface area contributed by atoms with Crippen LogP contribution in [0.4, 0.5) is 14.9 Å². The Hall–Kier alpha value is -1.14. The largest absolute Gasteiger partial charge is 0.382 e. The number of anilines is 1. The highest BCUT2D eigenvalue weighted by molar-refractivity contribution is 9.10. The standard InChI is InChI=1S/C12H16BrFN2O2/c1-2-18-7-3-6-15-12(17)16-11-5-4-9(13)8-10(11)14/h4-5,8H,2-3,6-7H2,1H3,(H2,15,16,17). The van der Waals surface area contributed by atoms with E-state index < -0.39 is 11.8 Å². The number of amides is 2. The Balaban J connectivity index is 2.31. The third-order valence-corrected chi connectivity index (χ3v) is 2.63. The van der Waals surface area contributed by atoms with Gasteiger partial charge in [0.15, 0.2) is 0 Å². The summed E-state index contributed by atoms with van der Waals surface area (Å²) in [4.78, 5) is 11.4. The van der Waals surface area contributed by atoms with Crippen molar-refractivity contribution in [2.75, 3.05) is 25.1 Å². The molecule has 100 valence electrons. The first kappa shape index (κ1) is 14.9. The van der Waals surface area contributed by atoms with Gasteiger partial charge in [0.1, 0.15) is 5.82 Å². The fraction of sp³-hybridized carbons (Fsp3) is 0.417. The third kappa shape index (κ3) is 5.46. The van der Waals surface area contributed by atoms with E-state index in [1.807, 2.05) is 6.92 Å². The van der Waals surface area contributed by atoms with Crippen LogP contribution in [0.15, 0.2) is 22.7 Å². The van der Waals surface area contributed by atoms with Crippen LogP contribution in [0.5, 0.6) is 0 Å². The summed E-state index contributed by atoms with van der Waals surface area (Å²) >= 11 is 3.15. The van der Waals surface area contributed by atoms with Gasteiger partial charge in [0.25, 0.3) is 0 Å². The quantitative estimate of drug-likeness (QED) is 0.792. The van der Waals surface area contributed by atoms with Gasteiger partial charge >= 0.3 is 6.03 Å². The van der Waals surface area contributed by atoms with E-state index in [-0.39, 0.29) is 5.69 Å². The summed E-state index contributed by atoms with van der Waals surface area (Å²) < 4.78 is 19.2. The number of halogens is 2. The highest BCUT2D eigenvalue weighted by Crippen LogP contribution is 2.18. The highest BCUT2D eigenvalue weighted by atomic mass is 79.9. The van der Waals surface area contributed by atoms with Gasteiger partial charge in [-0.25, -0.2) is 9.18 Å². The average Bonchev–Trinajstić information content (AvgIpc) is 2.32. The van der Waals surface area contributed by atoms with E-state index in [9.17, 15) is 9.18 Å². The van der Waals surface area contributed by atoms with Crippen molar-refractivity contribution in [2.45, 2.75) is 13.3 Å². The molecule has 2 N–H and O–H groups in total. The molecule has 0 fully saturated rings. The number of ether oxygens (including phenoxy) is 1. The molecule has 0 atom stereocenters. The van der Waals surface area contributed by atoms with Crippen molar-refractivity contribution >= 4 is 27.6 Å². The van der Waals surface area contributed by atoms with Crippen molar-refractivity contribution in [3.8, 4) is 0 Å². The number of benzene rings is 1. The third-order valence-electron chi connectivity index (χ3n) is 2.13. The second-order valence-corrected chi connectivity index (χ2v) is 4.47. The number of rotatable bonds is 6. The second kappa shape index (κ2) is 8.05. The smallest absolute Gasteiger partial charge is 0.319 e. The highest BCUT2D eigenvalue weighted by Gasteiger charge is 2.06. The molecule has 4 nitrogen and oxygen atoms in total. The van der Waals surface area contributed by atoms with Gasteiger partial charge in [-0.15, -0.1) is 0 Å². The van der Waals surface area contributed by atoms with E-state index in [2.05, 4.69) is 26.6 Å². The van der Waals surface area contributed by atoms with E-state index >= 15 is 0 Å². The van der Waals surface area contributed by atoms with Gasteiger partial charge in [-0.05, 0) is 31.5 Å². The molecule has 0 saturated heterocycles. The molecule has 0 bridgehead atoms. The molecule has 1 rings (SSSR count). The summed E-state index contributed by atoms with van der Waals surface area (Å²) in [5.74, 6) is -0.478. The molecule has 0 aliphatic rings. The maximum absolute atomic E-state index is 13.4. The minimum atomic E-state index is -0.478. The number of hydrogen-bond acceptors (Lipinski definition) is 2. The summed E-state index contributed by atoms with van der Waals surface area (Å²) in [5, 5.41) is 5.07. The lowest BCUT2D eigenvalue weighted by molar-refractivity contribution is 0.145. The lowest BCUT2D eigenvalue weighted by atomic mass is 10.3. The molecule has 0 heterocycles. The zero-order valence-electron chi connectivity index (χ0n) is 10.1. The fourth-order valence-electron chi connectivity index (χ4n) is 1.28. The van der Waals surface area contributed by atoms with Crippen molar-refractivity contribution < 1.29 is 13.9 Å². The van der Waals surface area contributed by atoms with Crippen LogP contribution >= 0.6 is 15.9 Å². The maximum Gasteiger partial charge on any atom is 0.319 e. The van der Waals surface area contributed by atoms with Crippen molar-refractivity contribution in [1.29, 1.82) is 0 Å². The van der Waals surface area contributed by atoms with Crippen LogP contribution < -0.4 is 10.6 Å². The Bertz CT molecular complexity index is 402. The Morgan fingerprint density at radius 2 is 2.28 bits per heavy atom. The predicted octanol–water partition coefficient (Wildman–Crippen LogP) is 3.14. The van der Waals surface area contributed by atoms with Gasteiger partial charge in [0.2, 0.25) is 0 Å². The lowest BCUT2D eigenvalue weighted by Gasteiger charge is -2.08. The minimum Gasteiger partial charge on any atom is -0.382 e. The molecule has 0 unspecified atom stereocenters. The SMILES string of the molecule is CCOCCCNC(=O)Nc1ccc(Br)cc1F. The summed E-state index contributed by atoms with van der Waals surface area (Å²) in [6.45, 7) is 3.67. The van der Waals surface area contributed by atoms with E-state index in [1.165, 1.54) is 12.1 Å². The van der Waals surface area contributed by atoms with Crippen LogP contribution in [0.2, 0.25) is 0 Å². The van der Waals surface area contributed by atoms with Gasteiger partial charge in [0.05, 0.1) is 5.69 Å². The first-order chi connectivity index (χ1) is 8.63. The van der Waals surface area contributed by atoms with Crippen LogP contribution in [0.25, 0.3) is 0 Å². The van der Waals surface area contributed by atoms with Crippen molar-refractivity contribution in [1.82, 2.24) is 5.32 Å². The van der Waals surface area contributed by atoms with Crippen LogP contribution in [0, 0.1) is 5.82 Å². The number of carbonyl (C=O) groups is 1. The van der Waals surface area contributed by atoms with Gasteiger partial charge in [-0.1, -0.05) is 15.9 Å². The van der Waals surface area contributed by atoms with Gasteiger partial charge in [-0.2, -0.15) is 0 Å². The van der Waals surface area contributed by atoms with E-state index in [4.69, 9.17) is 4.74 Å². The summed E-state index contributed by atoms with van der Waals surface area (Å²) in [7, 11) is 0. The molecule has 1 aromatic carbocycles. The van der Waals surface area contributed by atoms with Crippen molar-refractivity contribution in [3.05, 3.63) is 28.5 Å². The van der Waals surface area contributed by atoms with Crippen LogP contribution in [-0.4, -0.2) is 25.8 Å². The Kier molecular flexibility index (Phi) is 6.67.